The van der Waals surface area contributed by atoms with Crippen molar-refractivity contribution < 1.29 is 23.7 Å². The van der Waals surface area contributed by atoms with Crippen LogP contribution in [0.4, 0.5) is 8.78 Å². The molecule has 0 spiro atoms. The average molecular weight is 186 g/mol. The van der Waals surface area contributed by atoms with Gasteiger partial charge in [0.1, 0.15) is 5.44 Å². The molecule has 1 fully saturated rings. The number of hydrogen-bond donors (Lipinski definition) is 3. The van der Waals surface area contributed by atoms with Crippen molar-refractivity contribution in [2.45, 2.75) is 30.2 Å². The van der Waals surface area contributed by atoms with Gasteiger partial charge in [-0.3, -0.25) is 0 Å². The van der Waals surface area contributed by atoms with E-state index in [0.29, 0.717) is 0 Å². The molecule has 0 aliphatic carbocycles. The summed E-state index contributed by atoms with van der Waals surface area (Å²) >= 11 is 3.72. The van der Waals surface area contributed by atoms with Crippen molar-refractivity contribution in [1.29, 1.82) is 0 Å². The van der Waals surface area contributed by atoms with E-state index in [4.69, 9.17) is 10.2 Å². The minimum absolute atomic E-state index is 0.00390. The van der Waals surface area contributed by atoms with Crippen LogP contribution in [0.1, 0.15) is 6.42 Å². The van der Waals surface area contributed by atoms with Gasteiger partial charge in [0.05, 0.1) is 6.10 Å². The van der Waals surface area contributed by atoms with Crippen molar-refractivity contribution in [3.63, 3.8) is 0 Å². The van der Waals surface area contributed by atoms with Gasteiger partial charge in [0.25, 0.3) is 0 Å². The fourth-order valence-corrected chi connectivity index (χ4v) is 1.31. The smallest absolute Gasteiger partial charge is 0.382 e. The maximum Gasteiger partial charge on any atom is 0.382 e. The summed E-state index contributed by atoms with van der Waals surface area (Å²) < 4.78 is 28.6. The highest BCUT2D eigenvalue weighted by atomic mass is 32.1. The van der Waals surface area contributed by atoms with Gasteiger partial charge < -0.3 is 14.9 Å². The lowest BCUT2D eigenvalue weighted by Crippen LogP contribution is -2.40. The number of ether oxygens (including phenoxy) is 1. The van der Waals surface area contributed by atoms with E-state index in [2.05, 4.69) is 17.4 Å². The average Bonchev–Trinajstić information content (AvgIpc) is 2.08. The van der Waals surface area contributed by atoms with Crippen molar-refractivity contribution in [3.8, 4) is 0 Å². The minimum atomic E-state index is -3.99. The zero-order valence-electron chi connectivity index (χ0n) is 5.44. The summed E-state index contributed by atoms with van der Waals surface area (Å²) in [5, 5.41) is 17.0. The molecule has 0 aromatic carbocycles. The Morgan fingerprint density at radius 3 is 2.27 bits per heavy atom. The molecule has 6 heteroatoms. The van der Waals surface area contributed by atoms with Gasteiger partial charge in [0, 0.05) is 6.42 Å². The number of hydrogen-bond acceptors (Lipinski definition) is 4. The van der Waals surface area contributed by atoms with Crippen molar-refractivity contribution in [2.24, 2.45) is 0 Å². The van der Waals surface area contributed by atoms with Crippen LogP contribution in [0, 0.1) is 0 Å². The highest BCUT2D eigenvalue weighted by Gasteiger charge is 2.48. The molecule has 1 heterocycles. The Morgan fingerprint density at radius 2 is 2.09 bits per heavy atom. The first-order valence-electron chi connectivity index (χ1n) is 3.03. The van der Waals surface area contributed by atoms with E-state index >= 15 is 0 Å². The van der Waals surface area contributed by atoms with E-state index in [0.717, 1.165) is 0 Å². The summed E-state index contributed by atoms with van der Waals surface area (Å²) in [6, 6.07) is 0. The first kappa shape index (κ1) is 9.18. The SMILES string of the molecule is O[C@@H]1CC(S)OC1C(O)(F)F. The van der Waals surface area contributed by atoms with Crippen molar-refractivity contribution in [3.05, 3.63) is 0 Å². The summed E-state index contributed by atoms with van der Waals surface area (Å²) in [6.07, 6.45) is -7.18. The van der Waals surface area contributed by atoms with E-state index < -0.39 is 23.8 Å². The maximum atomic E-state index is 12.1. The molecule has 3 nitrogen and oxygen atoms in total. The van der Waals surface area contributed by atoms with E-state index in [9.17, 15) is 8.78 Å². The van der Waals surface area contributed by atoms with Crippen LogP contribution in [-0.4, -0.2) is 34.0 Å². The summed E-state index contributed by atoms with van der Waals surface area (Å²) in [7, 11) is 0. The molecule has 2 unspecified atom stereocenters. The lowest BCUT2D eigenvalue weighted by molar-refractivity contribution is -0.274. The van der Waals surface area contributed by atoms with Crippen molar-refractivity contribution in [2.75, 3.05) is 0 Å². The number of rotatable bonds is 1. The fourth-order valence-electron chi connectivity index (χ4n) is 0.959. The molecule has 0 bridgehead atoms. The van der Waals surface area contributed by atoms with Gasteiger partial charge >= 0.3 is 6.11 Å². The summed E-state index contributed by atoms with van der Waals surface area (Å²) in [4.78, 5) is 0. The van der Waals surface area contributed by atoms with Gasteiger partial charge in [-0.05, 0) is 0 Å². The van der Waals surface area contributed by atoms with Crippen LogP contribution in [0.5, 0.6) is 0 Å². The molecule has 0 aromatic heterocycles. The number of thiol groups is 1. The Kier molecular flexibility index (Phi) is 2.38. The molecule has 2 N–H and O–H groups in total. The van der Waals surface area contributed by atoms with E-state index in [1.54, 1.807) is 0 Å². The standard InChI is InChI=1S/C5H8F2O3S/c6-5(7,9)4-2(8)1-3(11)10-4/h2-4,8-9,11H,1H2/t2-,3?,4?/m1/s1. The Hall–Kier alpha value is 0.0900. The molecule has 0 radical (unpaired) electrons. The molecule has 0 aromatic rings. The van der Waals surface area contributed by atoms with Crippen molar-refractivity contribution in [1.82, 2.24) is 0 Å². The minimum Gasteiger partial charge on any atom is -0.390 e. The van der Waals surface area contributed by atoms with Crippen molar-refractivity contribution >= 4 is 12.6 Å². The quantitative estimate of drug-likeness (QED) is 0.504. The number of aliphatic hydroxyl groups excluding tert-OH is 1. The first-order valence-corrected chi connectivity index (χ1v) is 3.54. The monoisotopic (exact) mass is 186 g/mol. The zero-order chi connectivity index (χ0) is 8.65. The molecular weight excluding hydrogens is 178 g/mol. The predicted molar refractivity (Wildman–Crippen MR) is 35.4 cm³/mol. The molecule has 11 heavy (non-hydrogen) atoms. The molecule has 3 atom stereocenters. The molecular formula is C5H8F2O3S. The summed E-state index contributed by atoms with van der Waals surface area (Å²) in [6.45, 7) is 0. The molecule has 66 valence electrons. The Labute approximate surface area is 67.4 Å². The third-order valence-electron chi connectivity index (χ3n) is 1.44. The first-order chi connectivity index (χ1) is 4.91. The maximum absolute atomic E-state index is 12.1. The molecule has 1 saturated heterocycles. The van der Waals surface area contributed by atoms with E-state index in [1.807, 2.05) is 0 Å². The number of aliphatic hydroxyl groups is 2. The van der Waals surface area contributed by atoms with Crippen LogP contribution in [0.25, 0.3) is 0 Å². The highest BCUT2D eigenvalue weighted by Crippen LogP contribution is 2.31. The summed E-state index contributed by atoms with van der Waals surface area (Å²) in [5.41, 5.74) is -0.729. The van der Waals surface area contributed by atoms with Gasteiger partial charge in [0.2, 0.25) is 0 Å². The lowest BCUT2D eigenvalue weighted by Gasteiger charge is -2.18. The van der Waals surface area contributed by atoms with Gasteiger partial charge in [-0.1, -0.05) is 0 Å². The van der Waals surface area contributed by atoms with E-state index in [-0.39, 0.29) is 6.42 Å². The Balaban J connectivity index is 2.60. The molecule has 1 aliphatic heterocycles. The second kappa shape index (κ2) is 2.85. The molecule has 0 saturated carbocycles. The molecule has 1 rings (SSSR count). The fraction of sp³-hybridized carbons (Fsp3) is 1.00. The Morgan fingerprint density at radius 1 is 1.55 bits per heavy atom. The van der Waals surface area contributed by atoms with Crippen LogP contribution >= 0.6 is 12.6 Å². The van der Waals surface area contributed by atoms with E-state index in [1.165, 1.54) is 0 Å². The Bertz CT molecular complexity index is 149. The number of halogens is 2. The molecule has 1 aliphatic rings. The highest BCUT2D eigenvalue weighted by molar-refractivity contribution is 7.80. The van der Waals surface area contributed by atoms with Crippen LogP contribution in [0.2, 0.25) is 0 Å². The third-order valence-corrected chi connectivity index (χ3v) is 1.77. The predicted octanol–water partition coefficient (Wildman–Crippen LogP) is -0.0228. The van der Waals surface area contributed by atoms with Crippen LogP contribution in [0.15, 0.2) is 0 Å². The third kappa shape index (κ3) is 2.02. The lowest BCUT2D eigenvalue weighted by atomic mass is 10.2. The number of alkyl halides is 2. The topological polar surface area (TPSA) is 49.7 Å². The zero-order valence-corrected chi connectivity index (χ0v) is 6.34. The largest absolute Gasteiger partial charge is 0.390 e. The molecule has 0 amide bonds. The second-order valence-electron chi connectivity index (χ2n) is 2.40. The van der Waals surface area contributed by atoms with Crippen LogP contribution in [-0.2, 0) is 4.74 Å². The van der Waals surface area contributed by atoms with Gasteiger partial charge in [-0.2, -0.15) is 8.78 Å². The second-order valence-corrected chi connectivity index (χ2v) is 2.98. The van der Waals surface area contributed by atoms with Crippen LogP contribution < -0.4 is 0 Å². The van der Waals surface area contributed by atoms with Gasteiger partial charge in [0.15, 0.2) is 6.10 Å². The van der Waals surface area contributed by atoms with Gasteiger partial charge in [-0.25, -0.2) is 0 Å². The normalized spacial score (nSPS) is 39.5. The van der Waals surface area contributed by atoms with Gasteiger partial charge in [-0.15, -0.1) is 12.6 Å². The summed E-state index contributed by atoms with van der Waals surface area (Å²) in [5.74, 6) is 0. The van der Waals surface area contributed by atoms with Crippen LogP contribution in [0.3, 0.4) is 0 Å².